The van der Waals surface area contributed by atoms with Crippen molar-refractivity contribution in [3.05, 3.63) is 144 Å². The van der Waals surface area contributed by atoms with E-state index in [-0.39, 0.29) is 0 Å². The van der Waals surface area contributed by atoms with Crippen molar-refractivity contribution in [2.75, 3.05) is 4.90 Å². The van der Waals surface area contributed by atoms with Crippen molar-refractivity contribution in [2.45, 2.75) is 0 Å². The third kappa shape index (κ3) is 3.69. The third-order valence-corrected chi connectivity index (χ3v) is 8.83. The number of amides is 2. The predicted octanol–water partition coefficient (Wildman–Crippen LogP) is 9.30. The Kier molecular flexibility index (Phi) is 5.32. The number of nitrogens with one attached hydrogen (secondary N) is 1. The van der Waals surface area contributed by atoms with Crippen molar-refractivity contribution in [2.24, 2.45) is 0 Å². The Hall–Kier alpha value is -6.14. The zero-order valence-corrected chi connectivity index (χ0v) is 23.7. The van der Waals surface area contributed by atoms with Gasteiger partial charge in [-0.3, -0.25) is 9.59 Å². The fraction of sp³-hybridized carbons (Fsp3) is 0. The fourth-order valence-corrected chi connectivity index (χ4v) is 6.74. The van der Waals surface area contributed by atoms with Crippen LogP contribution < -0.4 is 4.90 Å². The molecule has 9 rings (SSSR count). The molecule has 0 unspecified atom stereocenters. The van der Waals surface area contributed by atoms with E-state index in [1.165, 1.54) is 35.0 Å². The highest BCUT2D eigenvalue weighted by atomic mass is 19.1. The van der Waals surface area contributed by atoms with Crippen LogP contribution in [-0.2, 0) is 0 Å². The summed E-state index contributed by atoms with van der Waals surface area (Å²) in [7, 11) is 0. The normalized spacial score (nSPS) is 13.0. The topological polar surface area (TPSA) is 66.1 Å². The van der Waals surface area contributed by atoms with Gasteiger partial charge in [-0.25, -0.2) is 14.3 Å². The number of carbonyl (C=O) groups excluding carboxylic acids is 2. The Balaban J connectivity index is 1.14. The zero-order valence-electron chi connectivity index (χ0n) is 23.7. The first-order valence-corrected chi connectivity index (χ1v) is 14.7. The number of fused-ring (bicyclic) bond motifs is 6. The number of aromatic nitrogens is 2. The molecule has 45 heavy (non-hydrogen) atoms. The van der Waals surface area contributed by atoms with Gasteiger partial charge in [0.2, 0.25) is 0 Å². The minimum absolute atomic E-state index is 0.334. The Labute approximate surface area is 256 Å². The fourth-order valence-electron chi connectivity index (χ4n) is 6.74. The number of nitrogens with zero attached hydrogens (tertiary/aromatic N) is 2. The second-order valence-electron chi connectivity index (χ2n) is 11.3. The standard InChI is InChI=1S/C39H22FN3O2/c40-24-16-18-25(19-17-24)43-38(44)32-11-5-10-29-26(20-21-33(34(29)32)39(43)45)22-12-14-23(15-13-22)37-41-35-30-8-3-1-6-27(30)28-7-2-4-9-31(28)36(35)42-37/h1-21H,(H,41,42). The number of aromatic amines is 1. The highest BCUT2D eigenvalue weighted by molar-refractivity contribution is 6.36. The molecule has 0 aliphatic carbocycles. The minimum atomic E-state index is -0.434. The van der Waals surface area contributed by atoms with Crippen molar-refractivity contribution in [3.63, 3.8) is 0 Å². The zero-order chi connectivity index (χ0) is 30.2. The van der Waals surface area contributed by atoms with Crippen molar-refractivity contribution in [3.8, 4) is 22.5 Å². The van der Waals surface area contributed by atoms with Crippen LogP contribution in [0.1, 0.15) is 20.7 Å². The van der Waals surface area contributed by atoms with Crippen LogP contribution in [0.2, 0.25) is 0 Å². The number of hydrogen-bond donors (Lipinski definition) is 1. The molecule has 0 radical (unpaired) electrons. The summed E-state index contributed by atoms with van der Waals surface area (Å²) in [5, 5.41) is 6.05. The molecular formula is C39H22FN3O2. The van der Waals surface area contributed by atoms with E-state index in [0.717, 1.165) is 54.6 Å². The maximum atomic E-state index is 13.6. The molecule has 6 heteroatoms. The number of carbonyl (C=O) groups is 2. The van der Waals surface area contributed by atoms with E-state index in [0.29, 0.717) is 22.2 Å². The Morgan fingerprint density at radius 3 is 1.84 bits per heavy atom. The average molecular weight is 584 g/mol. The smallest absolute Gasteiger partial charge is 0.265 e. The van der Waals surface area contributed by atoms with Crippen molar-refractivity contribution < 1.29 is 14.0 Å². The molecule has 0 atom stereocenters. The van der Waals surface area contributed by atoms with Crippen LogP contribution in [0, 0.1) is 5.82 Å². The molecule has 0 spiro atoms. The molecule has 0 saturated heterocycles. The highest BCUT2D eigenvalue weighted by Crippen LogP contribution is 2.39. The maximum absolute atomic E-state index is 13.6. The van der Waals surface area contributed by atoms with E-state index in [2.05, 4.69) is 41.4 Å². The number of hydrogen-bond acceptors (Lipinski definition) is 3. The van der Waals surface area contributed by atoms with Crippen LogP contribution in [-0.4, -0.2) is 21.8 Å². The van der Waals surface area contributed by atoms with E-state index < -0.39 is 17.6 Å². The van der Waals surface area contributed by atoms with Gasteiger partial charge >= 0.3 is 0 Å². The molecule has 7 aromatic carbocycles. The molecule has 2 amide bonds. The summed E-state index contributed by atoms with van der Waals surface area (Å²) < 4.78 is 13.6. The molecule has 1 aromatic heterocycles. The summed E-state index contributed by atoms with van der Waals surface area (Å²) in [5.41, 5.74) is 5.98. The summed E-state index contributed by atoms with van der Waals surface area (Å²) in [6, 6.07) is 39.5. The van der Waals surface area contributed by atoms with Gasteiger partial charge in [-0.15, -0.1) is 0 Å². The lowest BCUT2D eigenvalue weighted by Gasteiger charge is -2.28. The van der Waals surface area contributed by atoms with Gasteiger partial charge in [-0.05, 0) is 63.7 Å². The summed E-state index contributed by atoms with van der Waals surface area (Å²) in [5.74, 6) is -0.507. The summed E-state index contributed by atoms with van der Waals surface area (Å²) in [6.45, 7) is 0. The molecule has 2 heterocycles. The minimum Gasteiger partial charge on any atom is -0.337 e. The van der Waals surface area contributed by atoms with Gasteiger partial charge in [0.15, 0.2) is 0 Å². The van der Waals surface area contributed by atoms with Crippen LogP contribution in [0.4, 0.5) is 10.1 Å². The van der Waals surface area contributed by atoms with Crippen LogP contribution in [0.15, 0.2) is 127 Å². The lowest BCUT2D eigenvalue weighted by atomic mass is 9.88. The lowest BCUT2D eigenvalue weighted by molar-refractivity contribution is 0.0893. The maximum Gasteiger partial charge on any atom is 0.265 e. The molecule has 5 nitrogen and oxygen atoms in total. The average Bonchev–Trinajstić information content (AvgIpc) is 3.54. The van der Waals surface area contributed by atoms with Gasteiger partial charge in [-0.1, -0.05) is 91.0 Å². The van der Waals surface area contributed by atoms with Crippen LogP contribution >= 0.6 is 0 Å². The molecule has 0 fully saturated rings. The van der Waals surface area contributed by atoms with Crippen LogP contribution in [0.25, 0.3) is 65.9 Å². The molecule has 0 saturated carbocycles. The molecule has 1 N–H and O–H groups in total. The van der Waals surface area contributed by atoms with Crippen LogP contribution in [0.5, 0.6) is 0 Å². The van der Waals surface area contributed by atoms with Gasteiger partial charge in [0.1, 0.15) is 11.6 Å². The first kappa shape index (κ1) is 25.4. The Bertz CT molecular complexity index is 2440. The number of imide groups is 1. The van der Waals surface area contributed by atoms with Crippen molar-refractivity contribution in [1.29, 1.82) is 0 Å². The van der Waals surface area contributed by atoms with E-state index in [9.17, 15) is 14.0 Å². The first-order chi connectivity index (χ1) is 22.1. The molecule has 0 bridgehead atoms. The van der Waals surface area contributed by atoms with Crippen molar-refractivity contribution >= 4 is 60.9 Å². The largest absolute Gasteiger partial charge is 0.337 e. The number of anilines is 1. The van der Waals surface area contributed by atoms with Gasteiger partial charge in [0.05, 0.1) is 16.7 Å². The SMILES string of the molecule is O=C1c2cccc3c(-c4ccc(-c5nc6c7ccccc7c7ccccc7c6[nH]5)cc4)ccc(c23)C(=O)N1c1ccc(F)cc1. The number of H-pyrrole nitrogens is 1. The summed E-state index contributed by atoms with van der Waals surface area (Å²) >= 11 is 0. The molecule has 1 aliphatic rings. The summed E-state index contributed by atoms with van der Waals surface area (Å²) in [6.07, 6.45) is 0. The second kappa shape index (κ2) is 9.43. The first-order valence-electron chi connectivity index (χ1n) is 14.7. The quantitative estimate of drug-likeness (QED) is 0.167. The van der Waals surface area contributed by atoms with E-state index >= 15 is 0 Å². The van der Waals surface area contributed by atoms with E-state index in [4.69, 9.17) is 4.98 Å². The monoisotopic (exact) mass is 583 g/mol. The lowest BCUT2D eigenvalue weighted by Crippen LogP contribution is -2.40. The van der Waals surface area contributed by atoms with Gasteiger partial charge in [0.25, 0.3) is 11.8 Å². The van der Waals surface area contributed by atoms with E-state index in [1.807, 2.05) is 54.6 Å². The van der Waals surface area contributed by atoms with E-state index in [1.54, 1.807) is 12.1 Å². The second-order valence-corrected chi connectivity index (χ2v) is 11.3. The molecule has 1 aliphatic heterocycles. The number of halogens is 1. The van der Waals surface area contributed by atoms with Gasteiger partial charge in [-0.2, -0.15) is 0 Å². The molecular weight excluding hydrogens is 561 g/mol. The van der Waals surface area contributed by atoms with Gasteiger partial charge in [0, 0.05) is 32.8 Å². The number of rotatable bonds is 3. The van der Waals surface area contributed by atoms with Gasteiger partial charge < -0.3 is 4.98 Å². The Morgan fingerprint density at radius 1 is 0.533 bits per heavy atom. The highest BCUT2D eigenvalue weighted by Gasteiger charge is 2.34. The Morgan fingerprint density at radius 2 is 1.11 bits per heavy atom. The predicted molar refractivity (Wildman–Crippen MR) is 177 cm³/mol. The van der Waals surface area contributed by atoms with Crippen molar-refractivity contribution in [1.82, 2.24) is 9.97 Å². The summed E-state index contributed by atoms with van der Waals surface area (Å²) in [4.78, 5) is 36.9. The number of imidazole rings is 1. The third-order valence-electron chi connectivity index (χ3n) is 8.83. The number of benzene rings is 7. The van der Waals surface area contributed by atoms with Crippen LogP contribution in [0.3, 0.4) is 0 Å². The molecule has 8 aromatic rings. The molecule has 212 valence electrons.